The van der Waals surface area contributed by atoms with Gasteiger partial charge in [0.25, 0.3) is 0 Å². The van der Waals surface area contributed by atoms with Crippen LogP contribution in [0.1, 0.15) is 15.9 Å². The number of nitrogens with one attached hydrogen (secondary N) is 1. The van der Waals surface area contributed by atoms with Crippen molar-refractivity contribution in [3.63, 3.8) is 0 Å². The van der Waals surface area contributed by atoms with Gasteiger partial charge < -0.3 is 16.2 Å². The first kappa shape index (κ1) is 13.3. The third-order valence-electron chi connectivity index (χ3n) is 2.94. The molecule has 0 bridgehead atoms. The summed E-state index contributed by atoms with van der Waals surface area (Å²) >= 11 is 1.48. The van der Waals surface area contributed by atoms with Crippen LogP contribution in [-0.2, 0) is 0 Å². The Labute approximate surface area is 124 Å². The summed E-state index contributed by atoms with van der Waals surface area (Å²) in [7, 11) is 0. The molecule has 0 fully saturated rings. The van der Waals surface area contributed by atoms with E-state index in [0.717, 1.165) is 15.8 Å². The summed E-state index contributed by atoms with van der Waals surface area (Å²) in [5, 5.41) is 12.7. The van der Waals surface area contributed by atoms with Gasteiger partial charge in [0.2, 0.25) is 0 Å². The number of hydrogen-bond acceptors (Lipinski definition) is 6. The first-order chi connectivity index (χ1) is 10.0. The van der Waals surface area contributed by atoms with E-state index < -0.39 is 5.97 Å². The highest BCUT2D eigenvalue weighted by Gasteiger charge is 2.11. The van der Waals surface area contributed by atoms with Crippen molar-refractivity contribution < 1.29 is 9.90 Å². The van der Waals surface area contributed by atoms with Gasteiger partial charge in [0.05, 0.1) is 27.7 Å². The average Bonchev–Trinajstić information content (AvgIpc) is 2.82. The number of carbonyl (C=O) groups is 1. The van der Waals surface area contributed by atoms with E-state index in [4.69, 9.17) is 10.8 Å². The van der Waals surface area contributed by atoms with Crippen molar-refractivity contribution in [2.45, 2.75) is 6.92 Å². The van der Waals surface area contributed by atoms with Gasteiger partial charge in [-0.15, -0.1) is 0 Å². The maximum absolute atomic E-state index is 11.1. The summed E-state index contributed by atoms with van der Waals surface area (Å²) in [5.41, 5.74) is 7.78. The number of hydrogen-bond donors (Lipinski definition) is 3. The van der Waals surface area contributed by atoms with Gasteiger partial charge in [-0.25, -0.2) is 14.8 Å². The van der Waals surface area contributed by atoms with Crippen molar-refractivity contribution in [2.24, 2.45) is 0 Å². The maximum atomic E-state index is 11.1. The highest BCUT2D eigenvalue weighted by Crippen LogP contribution is 2.29. The van der Waals surface area contributed by atoms with Crippen LogP contribution in [0, 0.1) is 6.92 Å². The Bertz CT molecular complexity index is 844. The van der Waals surface area contributed by atoms with Crippen LogP contribution in [0.5, 0.6) is 0 Å². The minimum absolute atomic E-state index is 0.0180. The molecule has 2 heterocycles. The quantitative estimate of drug-likeness (QED) is 0.687. The molecule has 4 N–H and O–H groups in total. The summed E-state index contributed by atoms with van der Waals surface area (Å²) in [4.78, 5) is 19.6. The van der Waals surface area contributed by atoms with Crippen LogP contribution < -0.4 is 11.1 Å². The zero-order valence-electron chi connectivity index (χ0n) is 11.1. The van der Waals surface area contributed by atoms with E-state index >= 15 is 0 Å². The number of nitrogen functional groups attached to an aromatic ring is 1. The molecule has 7 heteroatoms. The Balaban J connectivity index is 1.94. The molecule has 3 rings (SSSR count). The second kappa shape index (κ2) is 5.02. The SMILES string of the molecule is Cc1ccc2nc(Nc3cc(C(=O)O)c(N)cn3)sc2c1. The second-order valence-electron chi connectivity index (χ2n) is 4.58. The fourth-order valence-electron chi connectivity index (χ4n) is 1.91. The van der Waals surface area contributed by atoms with Crippen LogP contribution >= 0.6 is 11.3 Å². The molecule has 0 aliphatic heterocycles. The third-order valence-corrected chi connectivity index (χ3v) is 3.88. The highest BCUT2D eigenvalue weighted by atomic mass is 32.1. The van der Waals surface area contributed by atoms with E-state index in [0.29, 0.717) is 10.9 Å². The minimum atomic E-state index is -1.09. The number of aryl methyl sites for hydroxylation is 1. The second-order valence-corrected chi connectivity index (χ2v) is 5.61. The normalized spacial score (nSPS) is 10.7. The van der Waals surface area contributed by atoms with Crippen molar-refractivity contribution >= 4 is 44.2 Å². The number of fused-ring (bicyclic) bond motifs is 1. The van der Waals surface area contributed by atoms with Crippen molar-refractivity contribution in [3.05, 3.63) is 41.6 Å². The standard InChI is InChI=1S/C14H12N4O2S/c1-7-2-3-10-11(4-7)21-14(17-10)18-12-5-8(13(19)20)9(15)6-16-12/h2-6H,15H2,1H3,(H,19,20)(H,16,17,18). The number of benzene rings is 1. The maximum Gasteiger partial charge on any atom is 0.337 e. The average molecular weight is 300 g/mol. The summed E-state index contributed by atoms with van der Waals surface area (Å²) in [6.45, 7) is 2.02. The monoisotopic (exact) mass is 300 g/mol. The highest BCUT2D eigenvalue weighted by molar-refractivity contribution is 7.22. The summed E-state index contributed by atoms with van der Waals surface area (Å²) in [6.07, 6.45) is 1.32. The molecule has 0 aliphatic carbocycles. The number of nitrogens with zero attached hydrogens (tertiary/aromatic N) is 2. The molecule has 6 nitrogen and oxygen atoms in total. The smallest absolute Gasteiger partial charge is 0.337 e. The molecular weight excluding hydrogens is 288 g/mol. The van der Waals surface area contributed by atoms with Gasteiger partial charge >= 0.3 is 5.97 Å². The molecule has 0 saturated carbocycles. The van der Waals surface area contributed by atoms with E-state index in [1.807, 2.05) is 19.1 Å². The molecular formula is C14H12N4O2S. The van der Waals surface area contributed by atoms with Crippen molar-refractivity contribution in [2.75, 3.05) is 11.1 Å². The lowest BCUT2D eigenvalue weighted by atomic mass is 10.2. The van der Waals surface area contributed by atoms with Crippen LogP contribution in [0.15, 0.2) is 30.5 Å². The summed E-state index contributed by atoms with van der Waals surface area (Å²) in [5.74, 6) is -0.685. The van der Waals surface area contributed by atoms with E-state index in [9.17, 15) is 4.79 Å². The summed E-state index contributed by atoms with van der Waals surface area (Å²) < 4.78 is 1.06. The van der Waals surface area contributed by atoms with Gasteiger partial charge in [0.15, 0.2) is 5.13 Å². The first-order valence-corrected chi connectivity index (χ1v) is 6.97. The van der Waals surface area contributed by atoms with E-state index in [-0.39, 0.29) is 11.3 Å². The fourth-order valence-corrected chi connectivity index (χ4v) is 2.89. The predicted molar refractivity (Wildman–Crippen MR) is 83.2 cm³/mol. The minimum Gasteiger partial charge on any atom is -0.478 e. The van der Waals surface area contributed by atoms with Crippen LogP contribution in [0.25, 0.3) is 10.2 Å². The van der Waals surface area contributed by atoms with Crippen molar-refractivity contribution in [1.82, 2.24) is 9.97 Å². The first-order valence-electron chi connectivity index (χ1n) is 6.16. The number of thiazole rings is 1. The molecule has 0 amide bonds. The molecule has 0 spiro atoms. The predicted octanol–water partition coefficient (Wildman–Crippen LogP) is 3.02. The number of aromatic carboxylic acids is 1. The molecule has 21 heavy (non-hydrogen) atoms. The van der Waals surface area contributed by atoms with Gasteiger partial charge in [0, 0.05) is 0 Å². The Morgan fingerprint density at radius 3 is 2.95 bits per heavy atom. The molecule has 3 aromatic rings. The molecule has 0 radical (unpaired) electrons. The fraction of sp³-hybridized carbons (Fsp3) is 0.0714. The van der Waals surface area contributed by atoms with E-state index in [1.54, 1.807) is 0 Å². The lowest BCUT2D eigenvalue weighted by molar-refractivity contribution is 0.0698. The Morgan fingerprint density at radius 1 is 1.38 bits per heavy atom. The number of carboxylic acids is 1. The van der Waals surface area contributed by atoms with Crippen LogP contribution in [-0.4, -0.2) is 21.0 Å². The number of rotatable bonds is 3. The van der Waals surface area contributed by atoms with Gasteiger partial charge in [-0.2, -0.15) is 0 Å². The Kier molecular flexibility index (Phi) is 3.19. The van der Waals surface area contributed by atoms with E-state index in [2.05, 4.69) is 21.4 Å². The topological polar surface area (TPSA) is 101 Å². The number of pyridine rings is 1. The summed E-state index contributed by atoms with van der Waals surface area (Å²) in [6, 6.07) is 7.40. The lowest BCUT2D eigenvalue weighted by Crippen LogP contribution is -2.04. The van der Waals surface area contributed by atoms with Crippen LogP contribution in [0.4, 0.5) is 16.6 Å². The van der Waals surface area contributed by atoms with Crippen molar-refractivity contribution in [3.8, 4) is 0 Å². The molecule has 0 aliphatic rings. The molecule has 1 aromatic carbocycles. The zero-order chi connectivity index (χ0) is 15.0. The molecule has 0 saturated heterocycles. The van der Waals surface area contributed by atoms with Crippen LogP contribution in [0.2, 0.25) is 0 Å². The van der Waals surface area contributed by atoms with Crippen LogP contribution in [0.3, 0.4) is 0 Å². The van der Waals surface area contributed by atoms with Gasteiger partial charge in [-0.05, 0) is 30.7 Å². The molecule has 0 atom stereocenters. The lowest BCUT2D eigenvalue weighted by Gasteiger charge is -2.04. The van der Waals surface area contributed by atoms with Gasteiger partial charge in [0.1, 0.15) is 5.82 Å². The number of carboxylic acid groups (broad SMARTS) is 1. The largest absolute Gasteiger partial charge is 0.478 e. The molecule has 2 aromatic heterocycles. The Morgan fingerprint density at radius 2 is 2.19 bits per heavy atom. The third kappa shape index (κ3) is 2.63. The molecule has 106 valence electrons. The zero-order valence-corrected chi connectivity index (χ0v) is 11.9. The number of aromatic nitrogens is 2. The molecule has 0 unspecified atom stereocenters. The Hall–Kier alpha value is -2.67. The van der Waals surface area contributed by atoms with Crippen molar-refractivity contribution in [1.29, 1.82) is 0 Å². The van der Waals surface area contributed by atoms with Gasteiger partial charge in [-0.3, -0.25) is 0 Å². The van der Waals surface area contributed by atoms with Gasteiger partial charge in [-0.1, -0.05) is 17.4 Å². The number of nitrogens with two attached hydrogens (primary N) is 1. The van der Waals surface area contributed by atoms with E-state index in [1.165, 1.54) is 23.6 Å². The number of anilines is 3.